The number of H-pyrrole nitrogens is 1. The summed E-state index contributed by atoms with van der Waals surface area (Å²) in [5.41, 5.74) is 3.44. The van der Waals surface area contributed by atoms with Crippen LogP contribution in [0.2, 0.25) is 0 Å². The van der Waals surface area contributed by atoms with Crippen molar-refractivity contribution in [2.45, 2.75) is 25.4 Å². The zero-order valence-electron chi connectivity index (χ0n) is 16.4. The van der Waals surface area contributed by atoms with E-state index in [1.54, 1.807) is 4.90 Å². The Morgan fingerprint density at radius 3 is 2.83 bits per heavy atom. The fourth-order valence-corrected chi connectivity index (χ4v) is 5.34. The number of aryl methyl sites for hydroxylation is 1. The fraction of sp³-hybridized carbons (Fsp3) is 0.391. The molecule has 1 aromatic heterocycles. The van der Waals surface area contributed by atoms with Gasteiger partial charge in [-0.25, -0.2) is 4.98 Å². The number of β-amino-alcohol motifs (C(OH)–C–C–N with tert-alkyl or cyclic N) is 1. The van der Waals surface area contributed by atoms with Gasteiger partial charge in [0.2, 0.25) is 5.91 Å². The third-order valence-corrected chi connectivity index (χ3v) is 6.77. The Bertz CT molecular complexity index is 1060. The average molecular weight is 391 g/mol. The smallest absolute Gasteiger partial charge is 0.227 e. The number of hydrogen-bond donors (Lipinski definition) is 3. The molecule has 1 spiro atoms. The van der Waals surface area contributed by atoms with Crippen molar-refractivity contribution in [1.82, 2.24) is 14.9 Å². The van der Waals surface area contributed by atoms with Crippen LogP contribution in [0.1, 0.15) is 22.9 Å². The summed E-state index contributed by atoms with van der Waals surface area (Å²) >= 11 is 0. The second kappa shape index (κ2) is 6.68. The van der Waals surface area contributed by atoms with Gasteiger partial charge in [0.15, 0.2) is 0 Å². The number of nitrogens with zero attached hydrogens (tertiary/aromatic N) is 2. The molecule has 5 rings (SSSR count). The first-order valence-electron chi connectivity index (χ1n) is 10.1. The summed E-state index contributed by atoms with van der Waals surface area (Å²) in [5, 5.41) is 20.8. The third-order valence-electron chi connectivity index (χ3n) is 6.77. The summed E-state index contributed by atoms with van der Waals surface area (Å²) in [4.78, 5) is 22.3. The zero-order chi connectivity index (χ0) is 20.2. The molecule has 0 bridgehead atoms. The molecule has 1 aliphatic heterocycles. The number of carbonyl (C=O) groups excluding carboxylic acids is 1. The van der Waals surface area contributed by atoms with Crippen LogP contribution in [-0.4, -0.2) is 56.8 Å². The van der Waals surface area contributed by atoms with Crippen LogP contribution in [0.4, 0.5) is 0 Å². The van der Waals surface area contributed by atoms with Crippen LogP contribution in [0.3, 0.4) is 0 Å². The van der Waals surface area contributed by atoms with E-state index >= 15 is 0 Å². The van der Waals surface area contributed by atoms with E-state index in [-0.39, 0.29) is 30.8 Å². The fourth-order valence-electron chi connectivity index (χ4n) is 5.34. The van der Waals surface area contributed by atoms with E-state index in [1.807, 2.05) is 55.5 Å². The number of nitrogens with one attached hydrogen (secondary N) is 1. The molecule has 2 aliphatic rings. The molecule has 2 aromatic carbocycles. The molecule has 2 fully saturated rings. The molecule has 2 heterocycles. The van der Waals surface area contributed by atoms with Gasteiger partial charge in [0.1, 0.15) is 5.82 Å². The van der Waals surface area contributed by atoms with Crippen molar-refractivity contribution < 1.29 is 15.0 Å². The molecule has 3 N–H and O–H groups in total. The van der Waals surface area contributed by atoms with E-state index < -0.39 is 11.5 Å². The first-order valence-corrected chi connectivity index (χ1v) is 10.1. The molecule has 0 unspecified atom stereocenters. The largest absolute Gasteiger partial charge is 0.396 e. The van der Waals surface area contributed by atoms with Crippen molar-refractivity contribution in [2.24, 2.45) is 11.3 Å². The highest BCUT2D eigenvalue weighted by Crippen LogP contribution is 2.68. The van der Waals surface area contributed by atoms with Crippen molar-refractivity contribution >= 4 is 16.9 Å². The molecular formula is C23H25N3O3. The van der Waals surface area contributed by atoms with Gasteiger partial charge < -0.3 is 20.1 Å². The predicted molar refractivity (Wildman–Crippen MR) is 109 cm³/mol. The predicted octanol–water partition coefficient (Wildman–Crippen LogP) is 2.01. The molecule has 29 heavy (non-hydrogen) atoms. The first kappa shape index (κ1) is 18.3. The van der Waals surface area contributed by atoms with E-state index in [0.29, 0.717) is 13.1 Å². The van der Waals surface area contributed by atoms with Gasteiger partial charge >= 0.3 is 0 Å². The van der Waals surface area contributed by atoms with E-state index in [0.717, 1.165) is 28.0 Å². The van der Waals surface area contributed by atoms with Crippen molar-refractivity contribution in [3.8, 4) is 0 Å². The molecule has 6 nitrogen and oxygen atoms in total. The van der Waals surface area contributed by atoms with Crippen LogP contribution in [-0.2, 0) is 11.2 Å². The van der Waals surface area contributed by atoms with Gasteiger partial charge in [-0.1, -0.05) is 36.4 Å². The Hall–Kier alpha value is -2.70. The minimum absolute atomic E-state index is 0.00640. The van der Waals surface area contributed by atoms with E-state index in [1.165, 1.54) is 0 Å². The number of aliphatic hydroxyl groups is 2. The van der Waals surface area contributed by atoms with Gasteiger partial charge in [-0.2, -0.15) is 0 Å². The quantitative estimate of drug-likeness (QED) is 0.635. The highest BCUT2D eigenvalue weighted by molar-refractivity contribution is 5.82. The summed E-state index contributed by atoms with van der Waals surface area (Å²) in [6, 6.07) is 15.8. The van der Waals surface area contributed by atoms with Crippen LogP contribution < -0.4 is 0 Å². The summed E-state index contributed by atoms with van der Waals surface area (Å²) in [7, 11) is 0. The second-order valence-corrected chi connectivity index (χ2v) is 8.43. The Morgan fingerprint density at radius 2 is 2.07 bits per heavy atom. The van der Waals surface area contributed by atoms with Gasteiger partial charge in [-0.15, -0.1) is 0 Å². The zero-order valence-corrected chi connectivity index (χ0v) is 16.4. The monoisotopic (exact) mass is 391 g/mol. The molecule has 1 amide bonds. The maximum Gasteiger partial charge on any atom is 0.227 e. The molecule has 3 aromatic rings. The van der Waals surface area contributed by atoms with Crippen molar-refractivity contribution in [3.05, 3.63) is 65.5 Å². The van der Waals surface area contributed by atoms with E-state index in [9.17, 15) is 15.0 Å². The topological polar surface area (TPSA) is 89.5 Å². The number of rotatable bonds is 4. The number of carbonyl (C=O) groups is 1. The molecule has 150 valence electrons. The van der Waals surface area contributed by atoms with Crippen LogP contribution in [0.5, 0.6) is 0 Å². The minimum Gasteiger partial charge on any atom is -0.396 e. The first-order chi connectivity index (χ1) is 14.0. The van der Waals surface area contributed by atoms with Gasteiger partial charge in [0.05, 0.1) is 23.6 Å². The number of aromatic nitrogens is 2. The number of aromatic amines is 1. The number of benzene rings is 2. The Kier molecular flexibility index (Phi) is 4.22. The highest BCUT2D eigenvalue weighted by Gasteiger charge is 2.71. The molecule has 1 saturated heterocycles. The van der Waals surface area contributed by atoms with Gasteiger partial charge in [0.25, 0.3) is 0 Å². The highest BCUT2D eigenvalue weighted by atomic mass is 16.3. The average Bonchev–Trinajstić information content (AvgIpc) is 3.01. The van der Waals surface area contributed by atoms with Gasteiger partial charge in [-0.05, 0) is 42.0 Å². The number of aliphatic hydroxyl groups excluding tert-OH is 2. The van der Waals surface area contributed by atoms with Crippen LogP contribution >= 0.6 is 0 Å². The summed E-state index contributed by atoms with van der Waals surface area (Å²) in [5.74, 6) is 0.934. The number of amides is 1. The molecule has 0 radical (unpaired) electrons. The maximum absolute atomic E-state index is 13.0. The molecule has 1 saturated carbocycles. The van der Waals surface area contributed by atoms with Crippen molar-refractivity contribution in [1.29, 1.82) is 0 Å². The van der Waals surface area contributed by atoms with Gasteiger partial charge in [0, 0.05) is 25.1 Å². The SMILES string of the molecule is Cc1nc2ccc(CC(=O)N3C[C@H](O)[C@@]4(C3)[C@H](CO)[C@H]4c3ccccc3)cc2[nH]1. The maximum atomic E-state index is 13.0. The lowest BCUT2D eigenvalue weighted by atomic mass is 9.95. The Balaban J connectivity index is 1.34. The number of fused-ring (bicyclic) bond motifs is 1. The Labute approximate surface area is 169 Å². The van der Waals surface area contributed by atoms with Crippen LogP contribution in [0.25, 0.3) is 11.0 Å². The Morgan fingerprint density at radius 1 is 1.28 bits per heavy atom. The third kappa shape index (κ3) is 2.86. The summed E-state index contributed by atoms with van der Waals surface area (Å²) in [6.45, 7) is 2.74. The lowest BCUT2D eigenvalue weighted by Crippen LogP contribution is -2.31. The molecule has 4 atom stereocenters. The molecule has 1 aliphatic carbocycles. The number of hydrogen-bond acceptors (Lipinski definition) is 4. The summed E-state index contributed by atoms with van der Waals surface area (Å²) < 4.78 is 0. The van der Waals surface area contributed by atoms with Crippen LogP contribution in [0, 0.1) is 18.3 Å². The molecule has 6 heteroatoms. The lowest BCUT2D eigenvalue weighted by Gasteiger charge is -2.17. The second-order valence-electron chi connectivity index (χ2n) is 8.43. The van der Waals surface area contributed by atoms with Crippen molar-refractivity contribution in [2.75, 3.05) is 19.7 Å². The van der Waals surface area contributed by atoms with Crippen LogP contribution in [0.15, 0.2) is 48.5 Å². The minimum atomic E-state index is -0.619. The lowest BCUT2D eigenvalue weighted by molar-refractivity contribution is -0.129. The summed E-state index contributed by atoms with van der Waals surface area (Å²) in [6.07, 6.45) is -0.331. The number of likely N-dealkylation sites (tertiary alicyclic amines) is 1. The standard InChI is InChI=1S/C23H25N3O3/c1-14-24-18-8-7-15(9-19(18)25-14)10-21(29)26-11-20(28)23(13-26)17(12-27)22(23)16-5-3-2-4-6-16/h2-9,17,20,22,27-28H,10-13H2,1H3,(H,24,25)/t17-,20+,22-,23-/m1/s1. The number of imidazole rings is 1. The van der Waals surface area contributed by atoms with E-state index in [4.69, 9.17) is 0 Å². The van der Waals surface area contributed by atoms with Crippen molar-refractivity contribution in [3.63, 3.8) is 0 Å². The molecular weight excluding hydrogens is 366 g/mol. The van der Waals surface area contributed by atoms with E-state index in [2.05, 4.69) is 9.97 Å². The normalized spacial score (nSPS) is 28.4. The van der Waals surface area contributed by atoms with Gasteiger partial charge in [-0.3, -0.25) is 4.79 Å².